The first-order valence-electron chi connectivity index (χ1n) is 7.72. The Balaban J connectivity index is 1.68. The molecule has 0 atom stereocenters. The fourth-order valence-corrected chi connectivity index (χ4v) is 4.75. The second-order valence-electron chi connectivity index (χ2n) is 5.93. The number of anilines is 1. The van der Waals surface area contributed by atoms with Gasteiger partial charge >= 0.3 is 0 Å². The van der Waals surface area contributed by atoms with Crippen LogP contribution in [0, 0.1) is 5.82 Å². The number of piperazine rings is 1. The molecule has 24 heavy (non-hydrogen) atoms. The number of rotatable bonds is 4. The van der Waals surface area contributed by atoms with Crippen LogP contribution in [0.2, 0.25) is 0 Å². The molecule has 1 aliphatic rings. The summed E-state index contributed by atoms with van der Waals surface area (Å²) in [4.78, 5) is 6.69. The first kappa shape index (κ1) is 17.2. The van der Waals surface area contributed by atoms with Crippen LogP contribution in [0.1, 0.15) is 25.6 Å². The lowest BCUT2D eigenvalue weighted by Crippen LogP contribution is -2.48. The van der Waals surface area contributed by atoms with E-state index < -0.39 is 15.8 Å². The molecule has 0 spiro atoms. The third-order valence-corrected chi connectivity index (χ3v) is 6.61. The average Bonchev–Trinajstić information content (AvgIpc) is 3.06. The van der Waals surface area contributed by atoms with Crippen LogP contribution >= 0.6 is 11.5 Å². The summed E-state index contributed by atoms with van der Waals surface area (Å²) in [6.45, 7) is 5.95. The zero-order valence-electron chi connectivity index (χ0n) is 13.5. The maximum atomic E-state index is 13.0. The van der Waals surface area contributed by atoms with Gasteiger partial charge in [0.25, 0.3) is 0 Å². The van der Waals surface area contributed by atoms with Gasteiger partial charge in [0.1, 0.15) is 11.6 Å². The quantitative estimate of drug-likeness (QED) is 0.826. The first-order valence-corrected chi connectivity index (χ1v) is 9.93. The Labute approximate surface area is 145 Å². The maximum Gasteiger partial charge on any atom is 0.243 e. The number of hydrogen-bond donors (Lipinski definition) is 0. The van der Waals surface area contributed by atoms with E-state index in [0.29, 0.717) is 26.2 Å². The molecule has 0 bridgehead atoms. The Bertz CT molecular complexity index is 797. The molecule has 0 unspecified atom stereocenters. The van der Waals surface area contributed by atoms with E-state index in [-0.39, 0.29) is 10.8 Å². The van der Waals surface area contributed by atoms with Crippen LogP contribution in [0.5, 0.6) is 0 Å². The van der Waals surface area contributed by atoms with Gasteiger partial charge in [0.2, 0.25) is 15.2 Å². The van der Waals surface area contributed by atoms with Crippen LogP contribution in [-0.4, -0.2) is 48.3 Å². The van der Waals surface area contributed by atoms with Gasteiger partial charge < -0.3 is 4.90 Å². The van der Waals surface area contributed by atoms with Crippen molar-refractivity contribution in [2.45, 2.75) is 24.7 Å². The van der Waals surface area contributed by atoms with Gasteiger partial charge in [-0.15, -0.1) is 0 Å². The van der Waals surface area contributed by atoms with Gasteiger partial charge in [-0.3, -0.25) is 0 Å². The molecule has 0 N–H and O–H groups in total. The van der Waals surface area contributed by atoms with Crippen LogP contribution in [0.4, 0.5) is 9.52 Å². The summed E-state index contributed by atoms with van der Waals surface area (Å²) in [5.74, 6) is 0.641. The Hall–Kier alpha value is -1.58. The molecule has 1 aromatic heterocycles. The predicted molar refractivity (Wildman–Crippen MR) is 91.4 cm³/mol. The van der Waals surface area contributed by atoms with Gasteiger partial charge in [-0.25, -0.2) is 17.8 Å². The van der Waals surface area contributed by atoms with E-state index in [1.165, 1.54) is 28.0 Å². The lowest BCUT2D eigenvalue weighted by molar-refractivity contribution is 0.384. The topological polar surface area (TPSA) is 66.4 Å². The van der Waals surface area contributed by atoms with Crippen molar-refractivity contribution >= 4 is 26.7 Å². The van der Waals surface area contributed by atoms with Crippen LogP contribution in [0.3, 0.4) is 0 Å². The molecule has 9 heteroatoms. The zero-order valence-corrected chi connectivity index (χ0v) is 15.1. The number of halogens is 1. The number of hydrogen-bond acceptors (Lipinski definition) is 6. The largest absolute Gasteiger partial charge is 0.344 e. The molecule has 0 saturated carbocycles. The highest BCUT2D eigenvalue weighted by Crippen LogP contribution is 2.24. The third kappa shape index (κ3) is 3.42. The van der Waals surface area contributed by atoms with E-state index in [1.54, 1.807) is 0 Å². The normalized spacial score (nSPS) is 16.8. The van der Waals surface area contributed by atoms with Gasteiger partial charge in [0.15, 0.2) is 0 Å². The molecule has 0 amide bonds. The van der Waals surface area contributed by atoms with E-state index in [2.05, 4.69) is 14.3 Å². The molecule has 0 radical (unpaired) electrons. The summed E-state index contributed by atoms with van der Waals surface area (Å²) in [7, 11) is -3.59. The maximum absolute atomic E-state index is 13.0. The molecule has 3 rings (SSSR count). The van der Waals surface area contributed by atoms with Crippen LogP contribution in [-0.2, 0) is 10.0 Å². The fourth-order valence-electron chi connectivity index (χ4n) is 2.46. The van der Waals surface area contributed by atoms with Crippen LogP contribution < -0.4 is 4.90 Å². The van der Waals surface area contributed by atoms with Gasteiger partial charge in [0, 0.05) is 43.6 Å². The Kier molecular flexibility index (Phi) is 4.84. The van der Waals surface area contributed by atoms with Gasteiger partial charge in [-0.2, -0.15) is 8.68 Å². The van der Waals surface area contributed by atoms with E-state index in [1.807, 2.05) is 13.8 Å². The SMILES string of the molecule is CC(C)c1nsc(N2CCN(S(=O)(=O)c3ccc(F)cc3)CC2)n1. The highest BCUT2D eigenvalue weighted by molar-refractivity contribution is 7.89. The monoisotopic (exact) mass is 370 g/mol. The number of benzene rings is 1. The number of aromatic nitrogens is 2. The fraction of sp³-hybridized carbons (Fsp3) is 0.467. The Morgan fingerprint density at radius 3 is 2.29 bits per heavy atom. The van der Waals surface area contributed by atoms with Gasteiger partial charge in [-0.05, 0) is 24.3 Å². The van der Waals surface area contributed by atoms with E-state index in [9.17, 15) is 12.8 Å². The molecule has 2 aromatic rings. The van der Waals surface area contributed by atoms with E-state index in [0.717, 1.165) is 23.1 Å². The van der Waals surface area contributed by atoms with Crippen LogP contribution in [0.25, 0.3) is 0 Å². The van der Waals surface area contributed by atoms with Crippen molar-refractivity contribution in [1.82, 2.24) is 13.7 Å². The van der Waals surface area contributed by atoms with Gasteiger partial charge in [-0.1, -0.05) is 13.8 Å². The van der Waals surface area contributed by atoms with Crippen molar-refractivity contribution in [3.8, 4) is 0 Å². The molecule has 2 heterocycles. The van der Waals surface area contributed by atoms with Crippen molar-refractivity contribution in [3.05, 3.63) is 35.9 Å². The molecule has 0 aliphatic carbocycles. The summed E-state index contributed by atoms with van der Waals surface area (Å²) in [6.07, 6.45) is 0. The second-order valence-corrected chi connectivity index (χ2v) is 8.60. The zero-order chi connectivity index (χ0) is 17.3. The molecule has 6 nitrogen and oxygen atoms in total. The molecule has 1 aliphatic heterocycles. The molecular weight excluding hydrogens is 351 g/mol. The smallest absolute Gasteiger partial charge is 0.243 e. The molecule has 1 fully saturated rings. The number of nitrogens with zero attached hydrogens (tertiary/aromatic N) is 4. The molecule has 130 valence electrons. The Morgan fingerprint density at radius 1 is 1.12 bits per heavy atom. The first-order chi connectivity index (χ1) is 11.4. The van der Waals surface area contributed by atoms with Crippen LogP contribution in [0.15, 0.2) is 29.2 Å². The summed E-state index contributed by atoms with van der Waals surface area (Å²) in [6, 6.07) is 4.93. The van der Waals surface area contributed by atoms with E-state index in [4.69, 9.17) is 0 Å². The van der Waals surface area contributed by atoms with Crippen molar-refractivity contribution in [3.63, 3.8) is 0 Å². The number of sulfonamides is 1. The average molecular weight is 370 g/mol. The predicted octanol–water partition coefficient (Wildman–Crippen LogP) is 2.31. The minimum absolute atomic E-state index is 0.121. The molecule has 1 aromatic carbocycles. The van der Waals surface area contributed by atoms with E-state index >= 15 is 0 Å². The minimum atomic E-state index is -3.59. The minimum Gasteiger partial charge on any atom is -0.344 e. The lowest BCUT2D eigenvalue weighted by Gasteiger charge is -2.33. The summed E-state index contributed by atoms with van der Waals surface area (Å²) in [5, 5.41) is 0.831. The summed E-state index contributed by atoms with van der Waals surface area (Å²) in [5.41, 5.74) is 0. The van der Waals surface area contributed by atoms with Gasteiger partial charge in [0.05, 0.1) is 4.90 Å². The second kappa shape index (κ2) is 6.73. The third-order valence-electron chi connectivity index (χ3n) is 3.91. The standard InChI is InChI=1S/C15H19FN4O2S2/c1-11(2)14-17-15(23-18-14)19-7-9-20(10-8-19)24(21,22)13-5-3-12(16)4-6-13/h3-6,11H,7-10H2,1-2H3. The van der Waals surface area contributed by atoms with Crippen molar-refractivity contribution < 1.29 is 12.8 Å². The van der Waals surface area contributed by atoms with Crippen molar-refractivity contribution in [2.75, 3.05) is 31.1 Å². The van der Waals surface area contributed by atoms with Crippen molar-refractivity contribution in [2.24, 2.45) is 0 Å². The Morgan fingerprint density at radius 2 is 1.75 bits per heavy atom. The van der Waals surface area contributed by atoms with Crippen molar-refractivity contribution in [1.29, 1.82) is 0 Å². The molecule has 1 saturated heterocycles. The highest BCUT2D eigenvalue weighted by atomic mass is 32.2. The lowest BCUT2D eigenvalue weighted by atomic mass is 10.2. The summed E-state index contributed by atoms with van der Waals surface area (Å²) >= 11 is 1.35. The molecular formula is C15H19FN4O2S2. The summed E-state index contributed by atoms with van der Waals surface area (Å²) < 4.78 is 43.9. The highest BCUT2D eigenvalue weighted by Gasteiger charge is 2.29.